The average Bonchev–Trinajstić information content (AvgIpc) is 4.08. The Balaban J connectivity index is 1.06. The van der Waals surface area contributed by atoms with Crippen LogP contribution < -0.4 is 4.90 Å². The first-order valence-electron chi connectivity index (χ1n) is 25.4. The van der Waals surface area contributed by atoms with Gasteiger partial charge in [0, 0.05) is 33.1 Å². The predicted molar refractivity (Wildman–Crippen MR) is 307 cm³/mol. The molecule has 0 saturated carbocycles. The van der Waals surface area contributed by atoms with Gasteiger partial charge in [0.1, 0.15) is 0 Å². The Bertz CT molecular complexity index is 4540. The SMILES string of the molecule is c1ccc(-c2cc3c(cc2N(c2ccc4c5ccccc5c5ccccc5c4c2)c2cccc4c2ccc2c4c4ccccc4n2-c2ccccc2)C2(c4ccccc4-c4ccccc42)c2ccccc2-3)cc1. The summed E-state index contributed by atoms with van der Waals surface area (Å²) in [5.74, 6) is 0. The molecule has 0 fully saturated rings. The second kappa shape index (κ2) is 15.3. The van der Waals surface area contributed by atoms with Crippen molar-refractivity contribution in [3.63, 3.8) is 0 Å². The summed E-state index contributed by atoms with van der Waals surface area (Å²) in [6, 6.07) is 100. The summed E-state index contributed by atoms with van der Waals surface area (Å²) < 4.78 is 2.43. The number of nitrogens with zero attached hydrogens (tertiary/aromatic N) is 2. The molecule has 0 atom stereocenters. The van der Waals surface area contributed by atoms with Gasteiger partial charge in [0.25, 0.3) is 0 Å². The fourth-order valence-electron chi connectivity index (χ4n) is 13.5. The van der Waals surface area contributed by atoms with Crippen molar-refractivity contribution in [2.75, 3.05) is 4.90 Å². The summed E-state index contributed by atoms with van der Waals surface area (Å²) >= 11 is 0. The van der Waals surface area contributed by atoms with Crippen molar-refractivity contribution in [3.05, 3.63) is 289 Å². The van der Waals surface area contributed by atoms with Crippen LogP contribution in [0.1, 0.15) is 22.3 Å². The summed E-state index contributed by atoms with van der Waals surface area (Å²) in [5, 5.41) is 12.4. The lowest BCUT2D eigenvalue weighted by Crippen LogP contribution is -2.26. The van der Waals surface area contributed by atoms with Crippen LogP contribution in [0.3, 0.4) is 0 Å². The third-order valence-corrected chi connectivity index (χ3v) is 16.4. The Morgan fingerprint density at radius 1 is 0.274 bits per heavy atom. The van der Waals surface area contributed by atoms with E-state index >= 15 is 0 Å². The number of anilines is 3. The van der Waals surface area contributed by atoms with Crippen LogP contribution in [-0.4, -0.2) is 4.57 Å². The van der Waals surface area contributed by atoms with Crippen molar-refractivity contribution in [2.24, 2.45) is 0 Å². The molecule has 0 unspecified atom stereocenters. The van der Waals surface area contributed by atoms with Crippen LogP contribution in [0, 0.1) is 0 Å². The van der Waals surface area contributed by atoms with Crippen LogP contribution in [-0.2, 0) is 5.41 Å². The Morgan fingerprint density at radius 2 is 0.781 bits per heavy atom. The Morgan fingerprint density at radius 3 is 1.44 bits per heavy atom. The van der Waals surface area contributed by atoms with Crippen LogP contribution in [0.25, 0.3) is 104 Å². The number of hydrogen-bond donors (Lipinski definition) is 0. The zero-order chi connectivity index (χ0) is 47.8. The zero-order valence-electron chi connectivity index (χ0n) is 39.8. The van der Waals surface area contributed by atoms with E-state index in [4.69, 9.17) is 0 Å². The number of fused-ring (bicyclic) bond motifs is 21. The largest absolute Gasteiger partial charge is 0.309 e. The monoisotopic (exact) mass is 924 g/mol. The molecule has 73 heavy (non-hydrogen) atoms. The van der Waals surface area contributed by atoms with Gasteiger partial charge in [-0.15, -0.1) is 0 Å². The van der Waals surface area contributed by atoms with Crippen molar-refractivity contribution in [3.8, 4) is 39.1 Å². The highest BCUT2D eigenvalue weighted by Crippen LogP contribution is 2.64. The van der Waals surface area contributed by atoms with Crippen molar-refractivity contribution in [1.82, 2.24) is 4.57 Å². The minimum absolute atomic E-state index is 0.530. The molecule has 2 aliphatic carbocycles. The molecule has 2 heteroatoms. The molecule has 16 rings (SSSR count). The summed E-state index contributed by atoms with van der Waals surface area (Å²) in [5.41, 5.74) is 19.1. The van der Waals surface area contributed by atoms with E-state index in [-0.39, 0.29) is 0 Å². The van der Waals surface area contributed by atoms with Gasteiger partial charge < -0.3 is 9.47 Å². The standard InChI is InChI=1S/C71H44N2/c1-3-20-45(21-4-1)59-43-61-55-30-13-17-35-64(55)71(62-33-15-11-28-53(62)54-29-12-16-34-63(54)71)65(61)44-69(59)73(47-38-39-52-50-26-8-7-24-48(50)49-25-9-10-27-51(49)60(52)42-47)66-37-19-32-57-56(66)40-41-68-70(57)58-31-14-18-36-67(58)72(68)46-22-5-2-6-23-46/h1-44H. The molecule has 0 radical (unpaired) electrons. The topological polar surface area (TPSA) is 8.17 Å². The first kappa shape index (κ1) is 40.3. The van der Waals surface area contributed by atoms with Crippen LogP contribution in [0.15, 0.2) is 267 Å². The first-order valence-corrected chi connectivity index (χ1v) is 25.4. The van der Waals surface area contributed by atoms with Gasteiger partial charge in [0.15, 0.2) is 0 Å². The second-order valence-corrected chi connectivity index (χ2v) is 19.8. The maximum atomic E-state index is 2.60. The Labute approximate surface area is 422 Å². The van der Waals surface area contributed by atoms with E-state index in [1.807, 2.05) is 0 Å². The fourth-order valence-corrected chi connectivity index (χ4v) is 13.5. The minimum Gasteiger partial charge on any atom is -0.309 e. The number of para-hydroxylation sites is 2. The average molecular weight is 925 g/mol. The van der Waals surface area contributed by atoms with Crippen molar-refractivity contribution < 1.29 is 0 Å². The molecule has 13 aromatic carbocycles. The lowest BCUT2D eigenvalue weighted by Gasteiger charge is -2.34. The van der Waals surface area contributed by atoms with Crippen LogP contribution >= 0.6 is 0 Å². The smallest absolute Gasteiger partial charge is 0.0726 e. The van der Waals surface area contributed by atoms with E-state index < -0.39 is 5.41 Å². The molecule has 0 saturated heterocycles. The highest BCUT2D eigenvalue weighted by atomic mass is 15.1. The number of hydrogen-bond acceptors (Lipinski definition) is 1. The zero-order valence-corrected chi connectivity index (χ0v) is 39.8. The predicted octanol–water partition coefficient (Wildman–Crippen LogP) is 18.9. The lowest BCUT2D eigenvalue weighted by molar-refractivity contribution is 0.794. The van der Waals surface area contributed by atoms with Crippen LogP contribution in [0.2, 0.25) is 0 Å². The molecular weight excluding hydrogens is 881 g/mol. The van der Waals surface area contributed by atoms with Crippen molar-refractivity contribution in [1.29, 1.82) is 0 Å². The fraction of sp³-hybridized carbons (Fsp3) is 0.0141. The molecule has 0 bridgehead atoms. The molecule has 1 spiro atoms. The molecule has 0 aliphatic heterocycles. The molecule has 1 heterocycles. The van der Waals surface area contributed by atoms with Crippen molar-refractivity contribution >= 4 is 82.0 Å². The molecule has 14 aromatic rings. The third-order valence-electron chi connectivity index (χ3n) is 16.4. The van der Waals surface area contributed by atoms with Gasteiger partial charge in [0.2, 0.25) is 0 Å². The maximum absolute atomic E-state index is 2.60. The quantitative estimate of drug-likeness (QED) is 0.156. The van der Waals surface area contributed by atoms with Gasteiger partial charge in [0.05, 0.1) is 27.8 Å². The molecule has 0 amide bonds. The van der Waals surface area contributed by atoms with Crippen LogP contribution in [0.4, 0.5) is 17.1 Å². The molecule has 1 aromatic heterocycles. The van der Waals surface area contributed by atoms with E-state index in [2.05, 4.69) is 276 Å². The molecule has 338 valence electrons. The van der Waals surface area contributed by atoms with E-state index in [0.29, 0.717) is 0 Å². The lowest BCUT2D eigenvalue weighted by atomic mass is 9.70. The van der Waals surface area contributed by atoms with Gasteiger partial charge in [-0.05, 0) is 142 Å². The van der Waals surface area contributed by atoms with Gasteiger partial charge in [-0.1, -0.05) is 212 Å². The molecule has 0 N–H and O–H groups in total. The van der Waals surface area contributed by atoms with Gasteiger partial charge >= 0.3 is 0 Å². The molecule has 2 nitrogen and oxygen atoms in total. The Hall–Kier alpha value is -9.50. The number of benzene rings is 13. The molecular formula is C71H44N2. The number of aromatic nitrogens is 1. The highest BCUT2D eigenvalue weighted by Gasteiger charge is 2.52. The second-order valence-electron chi connectivity index (χ2n) is 19.8. The van der Waals surface area contributed by atoms with Gasteiger partial charge in [-0.25, -0.2) is 0 Å². The summed E-state index contributed by atoms with van der Waals surface area (Å²) in [7, 11) is 0. The minimum atomic E-state index is -0.530. The first-order chi connectivity index (χ1) is 36.3. The number of rotatable bonds is 5. The van der Waals surface area contributed by atoms with E-state index in [9.17, 15) is 0 Å². The molecule has 2 aliphatic rings. The normalized spacial score (nSPS) is 13.0. The van der Waals surface area contributed by atoms with Crippen molar-refractivity contribution in [2.45, 2.75) is 5.41 Å². The van der Waals surface area contributed by atoms with E-state index in [0.717, 1.165) is 22.7 Å². The van der Waals surface area contributed by atoms with E-state index in [1.54, 1.807) is 0 Å². The summed E-state index contributed by atoms with van der Waals surface area (Å²) in [6.45, 7) is 0. The third kappa shape index (κ3) is 5.47. The summed E-state index contributed by atoms with van der Waals surface area (Å²) in [4.78, 5) is 2.60. The van der Waals surface area contributed by atoms with Gasteiger partial charge in [-0.2, -0.15) is 0 Å². The summed E-state index contributed by atoms with van der Waals surface area (Å²) in [6.07, 6.45) is 0. The highest BCUT2D eigenvalue weighted by molar-refractivity contribution is 6.27. The maximum Gasteiger partial charge on any atom is 0.0726 e. The van der Waals surface area contributed by atoms with Gasteiger partial charge in [-0.3, -0.25) is 0 Å². The van der Waals surface area contributed by atoms with E-state index in [1.165, 1.54) is 121 Å². The van der Waals surface area contributed by atoms with Crippen LogP contribution in [0.5, 0.6) is 0 Å². The Kier molecular flexibility index (Phi) is 8.41.